The van der Waals surface area contributed by atoms with Crippen molar-refractivity contribution in [2.45, 2.75) is 13.8 Å². The summed E-state index contributed by atoms with van der Waals surface area (Å²) in [5.74, 6) is -0.961. The van der Waals surface area contributed by atoms with Crippen LogP contribution in [0, 0.1) is 0 Å². The van der Waals surface area contributed by atoms with Gasteiger partial charge in [0.1, 0.15) is 0 Å². The van der Waals surface area contributed by atoms with Crippen LogP contribution >= 0.6 is 23.2 Å². The second-order valence-corrected chi connectivity index (χ2v) is 5.11. The Balaban J connectivity index is 2.95. The van der Waals surface area contributed by atoms with Crippen molar-refractivity contribution in [3.63, 3.8) is 0 Å². The Morgan fingerprint density at radius 1 is 1.22 bits per heavy atom. The third-order valence-electron chi connectivity index (χ3n) is 2.25. The third-order valence-corrected chi connectivity index (χ3v) is 2.69. The Kier molecular flexibility index (Phi) is 6.87. The number of rotatable bonds is 3. The summed E-state index contributed by atoms with van der Waals surface area (Å²) >= 11 is 11.6. The molecule has 0 heterocycles. The molecule has 0 saturated carbocycles. The number of urea groups is 1. The molecule has 1 N–H and O–H groups in total. The van der Waals surface area contributed by atoms with Crippen molar-refractivity contribution in [2.24, 2.45) is 0 Å². The van der Waals surface area contributed by atoms with Gasteiger partial charge in [-0.3, -0.25) is 0 Å². The number of nitrogens with one attached hydrogen (secondary N) is 1. The van der Waals surface area contributed by atoms with Crippen molar-refractivity contribution >= 4 is 47.0 Å². The molecule has 124 valence electrons. The normalized spacial score (nSPS) is 9.74. The molecule has 0 bridgehead atoms. The smallest absolute Gasteiger partial charge is 0.447 e. The summed E-state index contributed by atoms with van der Waals surface area (Å²) in [7, 11) is 0. The predicted molar refractivity (Wildman–Crippen MR) is 85.2 cm³/mol. The van der Waals surface area contributed by atoms with Crippen molar-refractivity contribution in [3.05, 3.63) is 40.4 Å². The van der Waals surface area contributed by atoms with E-state index >= 15 is 0 Å². The number of hydroxylamine groups is 2. The molecule has 9 heteroatoms. The molecule has 0 atom stereocenters. The quantitative estimate of drug-likeness (QED) is 0.649. The van der Waals surface area contributed by atoms with Crippen LogP contribution in [0.3, 0.4) is 0 Å². The lowest BCUT2D eigenvalue weighted by molar-refractivity contribution is -0.165. The maximum Gasteiger partial charge on any atom is 0.452 e. The molecule has 0 aliphatic rings. The van der Waals surface area contributed by atoms with Gasteiger partial charge in [0, 0.05) is 21.3 Å². The zero-order valence-corrected chi connectivity index (χ0v) is 13.9. The molecule has 0 fully saturated rings. The SMILES string of the molecule is C=C(C)C(=O)ON(C(=O)Nc1cc(Cl)cc(Cl)c1)C(=O)OCC. The number of hydrogen-bond acceptors (Lipinski definition) is 5. The van der Waals surface area contributed by atoms with Crippen molar-refractivity contribution in [1.29, 1.82) is 0 Å². The molecule has 1 rings (SSSR count). The molecule has 0 aliphatic heterocycles. The molecule has 23 heavy (non-hydrogen) atoms. The minimum Gasteiger partial charge on any atom is -0.447 e. The number of ether oxygens (including phenoxy) is 1. The molecule has 1 aromatic carbocycles. The average Bonchev–Trinajstić information content (AvgIpc) is 2.43. The molecule has 0 saturated heterocycles. The summed E-state index contributed by atoms with van der Waals surface area (Å²) in [5, 5.41) is 3.01. The van der Waals surface area contributed by atoms with Crippen LogP contribution in [0.1, 0.15) is 13.8 Å². The molecule has 3 amide bonds. The Hall–Kier alpha value is -2.25. The summed E-state index contributed by atoms with van der Waals surface area (Å²) in [4.78, 5) is 40.1. The van der Waals surface area contributed by atoms with E-state index in [1.807, 2.05) is 0 Å². The molecule has 7 nitrogen and oxygen atoms in total. The Labute approximate surface area is 142 Å². The highest BCUT2D eigenvalue weighted by Crippen LogP contribution is 2.22. The van der Waals surface area contributed by atoms with Crippen LogP contribution in [0.2, 0.25) is 10.0 Å². The Morgan fingerprint density at radius 2 is 1.78 bits per heavy atom. The number of anilines is 1. The first-order valence-corrected chi connectivity index (χ1v) is 7.12. The number of carbonyl (C=O) groups is 3. The van der Waals surface area contributed by atoms with Gasteiger partial charge in [0.15, 0.2) is 0 Å². The topological polar surface area (TPSA) is 84.9 Å². The largest absolute Gasteiger partial charge is 0.452 e. The number of benzene rings is 1. The lowest BCUT2D eigenvalue weighted by atomic mass is 10.3. The number of nitrogens with zero attached hydrogens (tertiary/aromatic N) is 1. The van der Waals surface area contributed by atoms with Gasteiger partial charge < -0.3 is 14.9 Å². The zero-order chi connectivity index (χ0) is 17.6. The number of hydrogen-bond donors (Lipinski definition) is 1. The van der Waals surface area contributed by atoms with Gasteiger partial charge >= 0.3 is 18.1 Å². The van der Waals surface area contributed by atoms with Crippen LogP contribution in [0.4, 0.5) is 15.3 Å². The van der Waals surface area contributed by atoms with E-state index in [-0.39, 0.29) is 33.0 Å². The van der Waals surface area contributed by atoms with E-state index < -0.39 is 18.1 Å². The third kappa shape index (κ3) is 5.80. The first-order valence-electron chi connectivity index (χ1n) is 6.36. The molecule has 0 aliphatic carbocycles. The van der Waals surface area contributed by atoms with Crippen LogP contribution in [0.15, 0.2) is 30.4 Å². The number of carbonyl (C=O) groups excluding carboxylic acids is 3. The van der Waals surface area contributed by atoms with E-state index in [4.69, 9.17) is 23.2 Å². The van der Waals surface area contributed by atoms with Crippen LogP contribution in [-0.4, -0.2) is 29.8 Å². The fraction of sp³-hybridized carbons (Fsp3) is 0.214. The van der Waals surface area contributed by atoms with Crippen molar-refractivity contribution in [2.75, 3.05) is 11.9 Å². The lowest BCUT2D eigenvalue weighted by Crippen LogP contribution is -2.42. The van der Waals surface area contributed by atoms with Gasteiger partial charge in [-0.05, 0) is 37.1 Å². The second kappa shape index (κ2) is 8.40. The summed E-state index contributed by atoms with van der Waals surface area (Å²) in [6.45, 7) is 6.24. The van der Waals surface area contributed by atoms with E-state index in [2.05, 4.69) is 21.5 Å². The van der Waals surface area contributed by atoms with Gasteiger partial charge in [0.2, 0.25) is 0 Å². The fourth-order valence-electron chi connectivity index (χ4n) is 1.30. The highest BCUT2D eigenvalue weighted by molar-refractivity contribution is 6.35. The van der Waals surface area contributed by atoms with E-state index in [0.717, 1.165) is 0 Å². The standard InChI is InChI=1S/C14H14Cl2N2O5/c1-4-22-14(21)18(23-12(19)8(2)3)13(20)17-11-6-9(15)5-10(16)7-11/h5-7H,2,4H2,1,3H3,(H,17,20). The number of amides is 3. The zero-order valence-electron chi connectivity index (χ0n) is 12.4. The second-order valence-electron chi connectivity index (χ2n) is 4.24. The predicted octanol–water partition coefficient (Wildman–Crippen LogP) is 4.02. The van der Waals surface area contributed by atoms with Gasteiger partial charge in [-0.2, -0.15) is 0 Å². The molecule has 1 aromatic rings. The maximum atomic E-state index is 12.1. The van der Waals surface area contributed by atoms with Crippen LogP contribution < -0.4 is 5.32 Å². The minimum absolute atomic E-state index is 0.00195. The van der Waals surface area contributed by atoms with Crippen molar-refractivity contribution in [3.8, 4) is 0 Å². The van der Waals surface area contributed by atoms with Crippen molar-refractivity contribution in [1.82, 2.24) is 5.06 Å². The molecular formula is C14H14Cl2N2O5. The van der Waals surface area contributed by atoms with Gasteiger partial charge in [-0.25, -0.2) is 14.4 Å². The number of imide groups is 1. The lowest BCUT2D eigenvalue weighted by Gasteiger charge is -2.19. The summed E-state index contributed by atoms with van der Waals surface area (Å²) in [6, 6.07) is 3.20. The van der Waals surface area contributed by atoms with Gasteiger partial charge in [-0.1, -0.05) is 29.8 Å². The van der Waals surface area contributed by atoms with E-state index in [1.165, 1.54) is 32.0 Å². The summed E-state index contributed by atoms with van der Waals surface area (Å²) < 4.78 is 4.66. The van der Waals surface area contributed by atoms with Gasteiger partial charge in [0.05, 0.1) is 6.61 Å². The summed E-state index contributed by atoms with van der Waals surface area (Å²) in [6.07, 6.45) is -1.16. The van der Waals surface area contributed by atoms with Crippen molar-refractivity contribution < 1.29 is 24.0 Å². The Morgan fingerprint density at radius 3 is 2.26 bits per heavy atom. The highest BCUT2D eigenvalue weighted by Gasteiger charge is 2.28. The van der Waals surface area contributed by atoms with Gasteiger partial charge in [-0.15, -0.1) is 0 Å². The minimum atomic E-state index is -1.16. The van der Waals surface area contributed by atoms with Gasteiger partial charge in [0.25, 0.3) is 0 Å². The number of halogens is 2. The maximum absolute atomic E-state index is 12.1. The van der Waals surface area contributed by atoms with E-state index in [0.29, 0.717) is 0 Å². The first-order chi connectivity index (χ1) is 10.7. The highest BCUT2D eigenvalue weighted by atomic mass is 35.5. The Bertz CT molecular complexity index is 628. The van der Waals surface area contributed by atoms with E-state index in [1.54, 1.807) is 0 Å². The fourth-order valence-corrected chi connectivity index (χ4v) is 1.83. The van der Waals surface area contributed by atoms with E-state index in [9.17, 15) is 14.4 Å². The average molecular weight is 361 g/mol. The molecule has 0 spiro atoms. The van der Waals surface area contributed by atoms with Crippen LogP contribution in [-0.2, 0) is 14.4 Å². The molecule has 0 aromatic heterocycles. The van der Waals surface area contributed by atoms with Crippen LogP contribution in [0.5, 0.6) is 0 Å². The molecular weight excluding hydrogens is 347 g/mol. The molecule has 0 radical (unpaired) electrons. The first kappa shape index (κ1) is 18.8. The molecule has 0 unspecified atom stereocenters. The summed E-state index contributed by atoms with van der Waals surface area (Å²) in [5.41, 5.74) is 0.200. The monoisotopic (exact) mass is 360 g/mol. The van der Waals surface area contributed by atoms with Crippen LogP contribution in [0.25, 0.3) is 0 Å².